The zero-order chi connectivity index (χ0) is 16.9. The van der Waals surface area contributed by atoms with Gasteiger partial charge in [-0.1, -0.05) is 29.8 Å². The summed E-state index contributed by atoms with van der Waals surface area (Å²) in [6.45, 7) is 1.85. The van der Waals surface area contributed by atoms with Gasteiger partial charge in [-0.05, 0) is 37.3 Å². The fraction of sp³-hybridized carbons (Fsp3) is 0.111. The summed E-state index contributed by atoms with van der Waals surface area (Å²) in [6.07, 6.45) is 1.63. The first-order valence-electron chi connectivity index (χ1n) is 7.41. The van der Waals surface area contributed by atoms with E-state index < -0.39 is 0 Å². The van der Waals surface area contributed by atoms with Crippen molar-refractivity contribution in [1.29, 1.82) is 0 Å². The van der Waals surface area contributed by atoms with Crippen LogP contribution in [-0.4, -0.2) is 23.7 Å². The van der Waals surface area contributed by atoms with Crippen LogP contribution in [0.1, 0.15) is 11.3 Å². The quantitative estimate of drug-likeness (QED) is 0.549. The Morgan fingerprint density at radius 2 is 2.00 bits per heavy atom. The maximum atomic E-state index is 11.8. The molecular weight excluding hydrogens is 326 g/mol. The van der Waals surface area contributed by atoms with Crippen LogP contribution in [0.15, 0.2) is 53.6 Å². The zero-order valence-electron chi connectivity index (χ0n) is 13.0. The average molecular weight is 342 g/mol. The molecule has 2 aromatic carbocycles. The summed E-state index contributed by atoms with van der Waals surface area (Å²) in [5, 5.41) is 5.68. The van der Waals surface area contributed by atoms with Crippen molar-refractivity contribution in [3.05, 3.63) is 64.8 Å². The van der Waals surface area contributed by atoms with Gasteiger partial charge in [0.15, 0.2) is 6.61 Å². The molecule has 3 rings (SSSR count). The summed E-state index contributed by atoms with van der Waals surface area (Å²) >= 11 is 5.79. The number of para-hydroxylation sites is 1. The Hall–Kier alpha value is -2.79. The van der Waals surface area contributed by atoms with E-state index in [1.54, 1.807) is 30.5 Å². The van der Waals surface area contributed by atoms with Crippen LogP contribution < -0.4 is 10.2 Å². The molecule has 0 saturated heterocycles. The first-order valence-corrected chi connectivity index (χ1v) is 7.79. The Labute approximate surface area is 144 Å². The molecule has 0 fully saturated rings. The molecule has 122 valence electrons. The number of aromatic amines is 1. The number of rotatable bonds is 5. The number of halogens is 1. The molecule has 1 aromatic heterocycles. The normalized spacial score (nSPS) is 11.1. The summed E-state index contributed by atoms with van der Waals surface area (Å²) < 4.78 is 5.35. The summed E-state index contributed by atoms with van der Waals surface area (Å²) in [5.74, 6) is 0.240. The van der Waals surface area contributed by atoms with E-state index in [4.69, 9.17) is 16.3 Å². The van der Waals surface area contributed by atoms with Gasteiger partial charge in [0, 0.05) is 27.2 Å². The number of nitrogens with zero attached hydrogens (tertiary/aromatic N) is 1. The Bertz CT molecular complexity index is 885. The van der Waals surface area contributed by atoms with Gasteiger partial charge in [-0.25, -0.2) is 5.43 Å². The summed E-state index contributed by atoms with van der Waals surface area (Å²) in [4.78, 5) is 15.1. The molecule has 24 heavy (non-hydrogen) atoms. The van der Waals surface area contributed by atoms with Crippen LogP contribution in [0, 0.1) is 6.92 Å². The number of ether oxygens (including phenoxy) is 1. The minimum atomic E-state index is -0.335. The van der Waals surface area contributed by atoms with Crippen molar-refractivity contribution in [2.75, 3.05) is 6.61 Å². The molecule has 0 spiro atoms. The van der Waals surface area contributed by atoms with E-state index in [0.29, 0.717) is 10.8 Å². The van der Waals surface area contributed by atoms with Crippen LogP contribution in [0.4, 0.5) is 0 Å². The number of hydrogen-bond donors (Lipinski definition) is 2. The molecule has 6 heteroatoms. The monoisotopic (exact) mass is 341 g/mol. The van der Waals surface area contributed by atoms with Crippen LogP contribution in [0.5, 0.6) is 5.75 Å². The van der Waals surface area contributed by atoms with Crippen molar-refractivity contribution >= 4 is 34.6 Å². The second-order valence-electron chi connectivity index (χ2n) is 5.25. The zero-order valence-corrected chi connectivity index (χ0v) is 13.8. The smallest absolute Gasteiger partial charge is 0.277 e. The van der Waals surface area contributed by atoms with Gasteiger partial charge in [0.25, 0.3) is 5.91 Å². The largest absolute Gasteiger partial charge is 0.484 e. The Balaban J connectivity index is 1.58. The van der Waals surface area contributed by atoms with Gasteiger partial charge in [0.1, 0.15) is 5.75 Å². The van der Waals surface area contributed by atoms with Crippen molar-refractivity contribution < 1.29 is 9.53 Å². The maximum absolute atomic E-state index is 11.8. The number of aryl methyl sites for hydroxylation is 1. The van der Waals surface area contributed by atoms with E-state index in [2.05, 4.69) is 15.5 Å². The number of H-pyrrole nitrogens is 1. The van der Waals surface area contributed by atoms with Gasteiger partial charge in [-0.3, -0.25) is 4.79 Å². The van der Waals surface area contributed by atoms with E-state index in [1.165, 1.54) is 0 Å². The fourth-order valence-corrected chi connectivity index (χ4v) is 2.47. The summed E-state index contributed by atoms with van der Waals surface area (Å²) in [6, 6.07) is 14.7. The summed E-state index contributed by atoms with van der Waals surface area (Å²) in [5.41, 5.74) is 5.44. The van der Waals surface area contributed by atoms with E-state index in [9.17, 15) is 4.79 Å². The van der Waals surface area contributed by atoms with Gasteiger partial charge < -0.3 is 9.72 Å². The molecule has 3 aromatic rings. The SMILES string of the molecule is Cc1[nH]c2ccccc2c1/C=N/NC(=O)COc1ccc(Cl)cc1. The molecule has 0 aliphatic carbocycles. The number of amides is 1. The second-order valence-corrected chi connectivity index (χ2v) is 5.68. The van der Waals surface area contributed by atoms with Crippen LogP contribution in [0.25, 0.3) is 10.9 Å². The van der Waals surface area contributed by atoms with Crippen molar-refractivity contribution in [3.8, 4) is 5.75 Å². The highest BCUT2D eigenvalue weighted by atomic mass is 35.5. The Kier molecular flexibility index (Phi) is 4.82. The molecule has 0 radical (unpaired) electrons. The lowest BCUT2D eigenvalue weighted by molar-refractivity contribution is -0.123. The topological polar surface area (TPSA) is 66.5 Å². The summed E-state index contributed by atoms with van der Waals surface area (Å²) in [7, 11) is 0. The van der Waals surface area contributed by atoms with Crippen LogP contribution in [-0.2, 0) is 4.79 Å². The third-order valence-corrected chi connectivity index (χ3v) is 3.76. The predicted octanol–water partition coefficient (Wildman–Crippen LogP) is 3.66. The highest BCUT2D eigenvalue weighted by molar-refractivity contribution is 6.30. The molecule has 0 bridgehead atoms. The molecule has 0 unspecified atom stereocenters. The third-order valence-electron chi connectivity index (χ3n) is 3.51. The Morgan fingerprint density at radius 3 is 2.79 bits per heavy atom. The lowest BCUT2D eigenvalue weighted by Crippen LogP contribution is -2.24. The predicted molar refractivity (Wildman–Crippen MR) is 95.7 cm³/mol. The van der Waals surface area contributed by atoms with Gasteiger partial charge in [0.2, 0.25) is 0 Å². The first-order chi connectivity index (χ1) is 11.6. The van der Waals surface area contributed by atoms with Crippen LogP contribution in [0.2, 0.25) is 5.02 Å². The van der Waals surface area contributed by atoms with Gasteiger partial charge in [-0.2, -0.15) is 5.10 Å². The number of carbonyl (C=O) groups excluding carboxylic acids is 1. The Morgan fingerprint density at radius 1 is 1.25 bits per heavy atom. The number of fused-ring (bicyclic) bond motifs is 1. The highest BCUT2D eigenvalue weighted by Gasteiger charge is 2.06. The minimum absolute atomic E-state index is 0.119. The second kappa shape index (κ2) is 7.19. The number of nitrogens with one attached hydrogen (secondary N) is 2. The van der Waals surface area contributed by atoms with E-state index in [1.807, 2.05) is 31.2 Å². The molecule has 0 atom stereocenters. The van der Waals surface area contributed by atoms with Gasteiger partial charge in [-0.15, -0.1) is 0 Å². The van der Waals surface area contributed by atoms with Crippen molar-refractivity contribution in [2.24, 2.45) is 5.10 Å². The first kappa shape index (κ1) is 16.1. The van der Waals surface area contributed by atoms with E-state index >= 15 is 0 Å². The third kappa shape index (κ3) is 3.75. The van der Waals surface area contributed by atoms with Gasteiger partial charge in [0.05, 0.1) is 6.21 Å². The number of hydrogen-bond acceptors (Lipinski definition) is 3. The molecule has 0 aliphatic heterocycles. The van der Waals surface area contributed by atoms with Crippen molar-refractivity contribution in [1.82, 2.24) is 10.4 Å². The lowest BCUT2D eigenvalue weighted by atomic mass is 10.1. The number of carbonyl (C=O) groups is 1. The van der Waals surface area contributed by atoms with Gasteiger partial charge >= 0.3 is 0 Å². The molecule has 0 aliphatic rings. The molecule has 1 amide bonds. The molecule has 1 heterocycles. The van der Waals surface area contributed by atoms with Crippen LogP contribution >= 0.6 is 11.6 Å². The standard InChI is InChI=1S/C18H16ClN3O2/c1-12-16(15-4-2-3-5-17(15)21-12)10-20-22-18(23)11-24-14-8-6-13(19)7-9-14/h2-10,21H,11H2,1H3,(H,22,23)/b20-10+. The maximum Gasteiger partial charge on any atom is 0.277 e. The van der Waals surface area contributed by atoms with E-state index in [-0.39, 0.29) is 12.5 Å². The lowest BCUT2D eigenvalue weighted by Gasteiger charge is -2.04. The molecule has 0 saturated carbocycles. The number of aromatic nitrogens is 1. The van der Waals surface area contributed by atoms with Crippen LogP contribution in [0.3, 0.4) is 0 Å². The average Bonchev–Trinajstić information content (AvgIpc) is 2.90. The molecular formula is C18H16ClN3O2. The number of hydrazone groups is 1. The van der Waals surface area contributed by atoms with Crippen molar-refractivity contribution in [2.45, 2.75) is 6.92 Å². The minimum Gasteiger partial charge on any atom is -0.484 e. The van der Waals surface area contributed by atoms with Crippen molar-refractivity contribution in [3.63, 3.8) is 0 Å². The highest BCUT2D eigenvalue weighted by Crippen LogP contribution is 2.19. The molecule has 5 nitrogen and oxygen atoms in total. The number of benzene rings is 2. The fourth-order valence-electron chi connectivity index (χ4n) is 2.35. The van der Waals surface area contributed by atoms with E-state index in [0.717, 1.165) is 22.2 Å². The molecule has 2 N–H and O–H groups in total.